The van der Waals surface area contributed by atoms with Crippen molar-refractivity contribution in [3.8, 4) is 0 Å². The fourth-order valence-electron chi connectivity index (χ4n) is 0.907. The van der Waals surface area contributed by atoms with Crippen LogP contribution in [-0.4, -0.2) is 24.3 Å². The Labute approximate surface area is 102 Å². The lowest BCUT2D eigenvalue weighted by Gasteiger charge is -2.22. The minimum absolute atomic E-state index is 0.258. The van der Waals surface area contributed by atoms with Gasteiger partial charge in [0.15, 0.2) is 4.21 Å². The van der Waals surface area contributed by atoms with Crippen molar-refractivity contribution in [3.63, 3.8) is 0 Å². The number of hydrogen-bond acceptors (Lipinski definition) is 4. The van der Waals surface area contributed by atoms with Gasteiger partial charge in [0.1, 0.15) is 0 Å². The van der Waals surface area contributed by atoms with E-state index in [9.17, 15) is 8.42 Å². The highest BCUT2D eigenvalue weighted by molar-refractivity contribution is 9.09. The molecule has 0 atom stereocenters. The first kappa shape index (κ1) is 13.1. The molecule has 0 aliphatic heterocycles. The van der Waals surface area contributed by atoms with Gasteiger partial charge < -0.3 is 0 Å². The number of thiazole rings is 1. The van der Waals surface area contributed by atoms with Crippen LogP contribution in [0.1, 0.15) is 18.9 Å². The van der Waals surface area contributed by atoms with E-state index in [-0.39, 0.29) is 4.21 Å². The molecule has 0 amide bonds. The van der Waals surface area contributed by atoms with Gasteiger partial charge in [-0.05, 0) is 20.8 Å². The van der Waals surface area contributed by atoms with E-state index in [0.717, 1.165) is 5.01 Å². The molecule has 15 heavy (non-hydrogen) atoms. The van der Waals surface area contributed by atoms with Gasteiger partial charge in [-0.25, -0.2) is 18.1 Å². The molecule has 0 aliphatic carbocycles. The Kier molecular flexibility index (Phi) is 3.91. The summed E-state index contributed by atoms with van der Waals surface area (Å²) in [5.74, 6) is 0. The summed E-state index contributed by atoms with van der Waals surface area (Å²) in [6.45, 7) is 5.40. The van der Waals surface area contributed by atoms with Crippen LogP contribution in [-0.2, 0) is 10.0 Å². The van der Waals surface area contributed by atoms with Crippen molar-refractivity contribution in [1.29, 1.82) is 0 Å². The van der Waals surface area contributed by atoms with Gasteiger partial charge in [0.05, 0.1) is 11.2 Å². The summed E-state index contributed by atoms with van der Waals surface area (Å²) >= 11 is 4.43. The molecule has 0 radical (unpaired) electrons. The van der Waals surface area contributed by atoms with Gasteiger partial charge in [0.2, 0.25) is 0 Å². The maximum absolute atomic E-state index is 11.9. The average molecular weight is 313 g/mol. The molecule has 0 bridgehead atoms. The Morgan fingerprint density at radius 1 is 1.60 bits per heavy atom. The summed E-state index contributed by atoms with van der Waals surface area (Å²) in [5.41, 5.74) is -0.503. The zero-order valence-electron chi connectivity index (χ0n) is 8.74. The maximum Gasteiger partial charge on any atom is 0.252 e. The summed E-state index contributed by atoms with van der Waals surface area (Å²) in [6.07, 6.45) is 1.38. The van der Waals surface area contributed by atoms with Crippen LogP contribution in [0.4, 0.5) is 0 Å². The van der Waals surface area contributed by atoms with E-state index < -0.39 is 15.6 Å². The van der Waals surface area contributed by atoms with Crippen molar-refractivity contribution >= 4 is 37.3 Å². The first-order chi connectivity index (χ1) is 6.77. The molecule has 0 saturated carbocycles. The normalized spacial score (nSPS) is 13.1. The minimum atomic E-state index is -3.43. The van der Waals surface area contributed by atoms with Crippen LogP contribution in [0, 0.1) is 6.92 Å². The van der Waals surface area contributed by atoms with E-state index in [1.54, 1.807) is 6.92 Å². The zero-order chi connectivity index (χ0) is 11.7. The first-order valence-electron chi connectivity index (χ1n) is 4.29. The lowest BCUT2D eigenvalue weighted by molar-refractivity contribution is 0.501. The number of nitrogens with one attached hydrogen (secondary N) is 1. The van der Waals surface area contributed by atoms with Crippen LogP contribution in [0.2, 0.25) is 0 Å². The van der Waals surface area contributed by atoms with E-state index in [2.05, 4.69) is 25.6 Å². The van der Waals surface area contributed by atoms with Crippen LogP contribution >= 0.6 is 27.3 Å². The third-order valence-electron chi connectivity index (χ3n) is 1.61. The zero-order valence-corrected chi connectivity index (χ0v) is 12.0. The molecule has 86 valence electrons. The number of alkyl halides is 1. The summed E-state index contributed by atoms with van der Waals surface area (Å²) in [5, 5.41) is 1.30. The fraction of sp³-hybridized carbons (Fsp3) is 0.625. The number of sulfonamides is 1. The van der Waals surface area contributed by atoms with E-state index in [1.165, 1.54) is 17.5 Å². The molecule has 0 spiro atoms. The topological polar surface area (TPSA) is 59.1 Å². The molecule has 0 aromatic carbocycles. The monoisotopic (exact) mass is 312 g/mol. The molecule has 0 aliphatic rings. The van der Waals surface area contributed by atoms with Gasteiger partial charge in [0, 0.05) is 10.9 Å². The Balaban J connectivity index is 2.95. The molecule has 1 rings (SSSR count). The molecule has 0 saturated heterocycles. The van der Waals surface area contributed by atoms with Gasteiger partial charge in [0.25, 0.3) is 10.0 Å². The Bertz CT molecular complexity index is 439. The first-order valence-corrected chi connectivity index (χ1v) is 7.71. The Morgan fingerprint density at radius 3 is 2.60 bits per heavy atom. The van der Waals surface area contributed by atoms with Gasteiger partial charge in [-0.2, -0.15) is 0 Å². The molecule has 1 aromatic rings. The fourth-order valence-corrected chi connectivity index (χ4v) is 3.75. The van der Waals surface area contributed by atoms with E-state index in [4.69, 9.17) is 0 Å². The Hall–Kier alpha value is 0.0200. The summed E-state index contributed by atoms with van der Waals surface area (Å²) in [6, 6.07) is 0. The van der Waals surface area contributed by atoms with Crippen LogP contribution in [0.3, 0.4) is 0 Å². The lowest BCUT2D eigenvalue weighted by atomic mass is 10.1. The summed E-state index contributed by atoms with van der Waals surface area (Å²) in [4.78, 5) is 3.93. The highest BCUT2D eigenvalue weighted by Gasteiger charge is 2.26. The number of aromatic nitrogens is 1. The predicted molar refractivity (Wildman–Crippen MR) is 65.0 cm³/mol. The number of rotatable bonds is 4. The number of halogens is 1. The molecule has 1 N–H and O–H groups in total. The third kappa shape index (κ3) is 3.51. The molecular formula is C8H13BrN2O2S2. The minimum Gasteiger partial charge on any atom is -0.249 e. The van der Waals surface area contributed by atoms with Crippen molar-refractivity contribution in [2.45, 2.75) is 30.5 Å². The van der Waals surface area contributed by atoms with Crippen LogP contribution in [0.15, 0.2) is 10.4 Å². The van der Waals surface area contributed by atoms with Crippen LogP contribution in [0.25, 0.3) is 0 Å². The molecular weight excluding hydrogens is 300 g/mol. The Morgan fingerprint density at radius 2 is 2.20 bits per heavy atom. The summed E-state index contributed by atoms with van der Waals surface area (Å²) in [7, 11) is -3.43. The highest BCUT2D eigenvalue weighted by atomic mass is 79.9. The predicted octanol–water partition coefficient (Wildman–Crippen LogP) is 1.90. The smallest absolute Gasteiger partial charge is 0.249 e. The van der Waals surface area contributed by atoms with E-state index >= 15 is 0 Å². The quantitative estimate of drug-likeness (QED) is 0.864. The number of hydrogen-bond donors (Lipinski definition) is 1. The second-order valence-electron chi connectivity index (χ2n) is 3.82. The largest absolute Gasteiger partial charge is 0.252 e. The SMILES string of the molecule is Cc1ncc(S(=O)(=O)NC(C)(C)CBr)s1. The summed E-state index contributed by atoms with van der Waals surface area (Å²) < 4.78 is 26.6. The molecule has 1 heterocycles. The second kappa shape index (κ2) is 4.48. The lowest BCUT2D eigenvalue weighted by Crippen LogP contribution is -2.44. The van der Waals surface area contributed by atoms with Crippen molar-refractivity contribution in [3.05, 3.63) is 11.2 Å². The molecule has 7 heteroatoms. The second-order valence-corrected chi connectivity index (χ2v) is 7.53. The van der Waals surface area contributed by atoms with Gasteiger partial charge in [-0.15, -0.1) is 11.3 Å². The van der Waals surface area contributed by atoms with E-state index in [1.807, 2.05) is 13.8 Å². The van der Waals surface area contributed by atoms with Gasteiger partial charge in [-0.1, -0.05) is 15.9 Å². The highest BCUT2D eigenvalue weighted by Crippen LogP contribution is 2.20. The van der Waals surface area contributed by atoms with Crippen LogP contribution < -0.4 is 4.72 Å². The standard InChI is InChI=1S/C8H13BrN2O2S2/c1-6-10-4-7(14-6)15(12,13)11-8(2,3)5-9/h4,11H,5H2,1-3H3. The maximum atomic E-state index is 11.9. The van der Waals surface area contributed by atoms with Crippen molar-refractivity contribution in [2.75, 3.05) is 5.33 Å². The number of nitrogens with zero attached hydrogens (tertiary/aromatic N) is 1. The van der Waals surface area contributed by atoms with Crippen molar-refractivity contribution in [2.24, 2.45) is 0 Å². The molecule has 0 unspecified atom stereocenters. The van der Waals surface area contributed by atoms with E-state index in [0.29, 0.717) is 5.33 Å². The molecule has 4 nitrogen and oxygen atoms in total. The number of aryl methyl sites for hydroxylation is 1. The van der Waals surface area contributed by atoms with Gasteiger partial charge >= 0.3 is 0 Å². The molecule has 1 aromatic heterocycles. The van der Waals surface area contributed by atoms with Crippen LogP contribution in [0.5, 0.6) is 0 Å². The average Bonchev–Trinajstić information content (AvgIpc) is 2.51. The van der Waals surface area contributed by atoms with Crippen molar-refractivity contribution < 1.29 is 8.42 Å². The third-order valence-corrected chi connectivity index (χ3v) is 6.08. The van der Waals surface area contributed by atoms with Crippen molar-refractivity contribution in [1.82, 2.24) is 9.71 Å². The molecule has 0 fully saturated rings. The van der Waals surface area contributed by atoms with Gasteiger partial charge in [-0.3, -0.25) is 0 Å².